The number of nitrogens with zero attached hydrogens (tertiary/aromatic N) is 5. The molecule has 0 spiro atoms. The number of pyridine rings is 2. The van der Waals surface area contributed by atoms with Gasteiger partial charge in [0.15, 0.2) is 0 Å². The molecule has 0 amide bonds. The van der Waals surface area contributed by atoms with Crippen LogP contribution in [0.3, 0.4) is 0 Å². The monoisotopic (exact) mass is 473 g/mol. The van der Waals surface area contributed by atoms with Crippen LogP contribution in [0.25, 0.3) is 33.1 Å². The predicted molar refractivity (Wildman–Crippen MR) is 143 cm³/mol. The van der Waals surface area contributed by atoms with Gasteiger partial charge >= 0.3 is 5.69 Å². The minimum Gasteiger partial charge on any atom is -0.361 e. The number of rotatable bonds is 4. The molecule has 4 heterocycles. The van der Waals surface area contributed by atoms with Crippen LogP contribution < -0.4 is 5.69 Å². The molecule has 5 aromatic rings. The number of hydrogen-bond donors (Lipinski definition) is 0. The zero-order valence-corrected chi connectivity index (χ0v) is 22.0. The second-order valence-electron chi connectivity index (χ2n) is 7.81. The fourth-order valence-corrected chi connectivity index (χ4v) is 4.46. The zero-order chi connectivity index (χ0) is 25.7. The number of imidazole rings is 1. The summed E-state index contributed by atoms with van der Waals surface area (Å²) < 4.78 is 8.86. The van der Waals surface area contributed by atoms with Crippen molar-refractivity contribution in [2.75, 3.05) is 0 Å². The second kappa shape index (κ2) is 11.1. The fraction of sp³-hybridized carbons (Fsp3) is 0.357. The Hall–Kier alpha value is -3.74. The van der Waals surface area contributed by atoms with Gasteiger partial charge in [-0.05, 0) is 44.0 Å². The Labute approximate surface area is 206 Å². The maximum absolute atomic E-state index is 13.3. The number of hydrogen-bond acceptors (Lipinski definition) is 5. The number of aryl methyl sites for hydroxylation is 3. The van der Waals surface area contributed by atoms with Crippen molar-refractivity contribution in [3.8, 4) is 11.1 Å². The van der Waals surface area contributed by atoms with Crippen LogP contribution in [0.15, 0.2) is 58.1 Å². The maximum atomic E-state index is 13.3. The standard InChI is InChI=1S/C24H23N5O2.2C2H6/c1-5-20(18-8-6-7-11-25-18)29-23-17-10-9-16(22-14(2)27-31-15(22)3)12-19(17)26-13-21(23)28(4)24(29)30;2*1-2/h6-13,20H,5H2,1-4H3;2*1-2H3/t20-;;/m1../s1. The Bertz CT molecular complexity index is 1460. The van der Waals surface area contributed by atoms with Crippen LogP contribution >= 0.6 is 0 Å². The van der Waals surface area contributed by atoms with E-state index in [-0.39, 0.29) is 11.7 Å². The molecule has 0 N–H and O–H groups in total. The smallest absolute Gasteiger partial charge is 0.329 e. The van der Waals surface area contributed by atoms with Gasteiger partial charge < -0.3 is 4.52 Å². The Balaban J connectivity index is 0.000000815. The molecule has 5 rings (SSSR count). The fourth-order valence-electron chi connectivity index (χ4n) is 4.46. The van der Waals surface area contributed by atoms with Crippen molar-refractivity contribution in [3.05, 3.63) is 76.4 Å². The van der Waals surface area contributed by atoms with Gasteiger partial charge in [0, 0.05) is 24.2 Å². The molecule has 184 valence electrons. The average molecular weight is 474 g/mol. The summed E-state index contributed by atoms with van der Waals surface area (Å²) in [5, 5.41) is 5.00. The normalized spacial score (nSPS) is 11.5. The van der Waals surface area contributed by atoms with E-state index in [1.54, 1.807) is 24.0 Å². The largest absolute Gasteiger partial charge is 0.361 e. The summed E-state index contributed by atoms with van der Waals surface area (Å²) in [4.78, 5) is 22.5. The third kappa shape index (κ3) is 4.50. The van der Waals surface area contributed by atoms with E-state index in [0.717, 1.165) is 56.6 Å². The van der Waals surface area contributed by atoms with Crippen LogP contribution in [0.5, 0.6) is 0 Å². The van der Waals surface area contributed by atoms with Gasteiger partial charge in [-0.15, -0.1) is 0 Å². The SMILES string of the molecule is CC.CC.CC[C@H](c1ccccn1)n1c(=O)n(C)c2cnc3cc(-c4c(C)noc4C)ccc3c21. The minimum atomic E-state index is -0.162. The third-order valence-corrected chi connectivity index (χ3v) is 5.97. The van der Waals surface area contributed by atoms with E-state index in [2.05, 4.69) is 22.0 Å². The van der Waals surface area contributed by atoms with Crippen molar-refractivity contribution in [2.24, 2.45) is 7.05 Å². The summed E-state index contributed by atoms with van der Waals surface area (Å²) in [6.07, 6.45) is 4.29. The van der Waals surface area contributed by atoms with E-state index in [1.165, 1.54) is 0 Å². The van der Waals surface area contributed by atoms with Crippen molar-refractivity contribution in [1.82, 2.24) is 24.3 Å². The van der Waals surface area contributed by atoms with Crippen LogP contribution in [0.2, 0.25) is 0 Å². The van der Waals surface area contributed by atoms with Crippen LogP contribution in [0.4, 0.5) is 0 Å². The highest BCUT2D eigenvalue weighted by Crippen LogP contribution is 2.33. The molecule has 0 saturated heterocycles. The quantitative estimate of drug-likeness (QED) is 0.293. The summed E-state index contributed by atoms with van der Waals surface area (Å²) >= 11 is 0. The van der Waals surface area contributed by atoms with Crippen molar-refractivity contribution >= 4 is 21.9 Å². The molecule has 0 radical (unpaired) electrons. The van der Waals surface area contributed by atoms with E-state index < -0.39 is 0 Å². The lowest BCUT2D eigenvalue weighted by atomic mass is 10.0. The first kappa shape index (κ1) is 25.9. The van der Waals surface area contributed by atoms with Gasteiger partial charge in [0.1, 0.15) is 5.76 Å². The highest BCUT2D eigenvalue weighted by Gasteiger charge is 2.23. The summed E-state index contributed by atoms with van der Waals surface area (Å²) in [6.45, 7) is 13.9. The van der Waals surface area contributed by atoms with E-state index in [4.69, 9.17) is 4.52 Å². The lowest BCUT2D eigenvalue weighted by Gasteiger charge is -2.17. The first-order valence-electron chi connectivity index (χ1n) is 12.3. The van der Waals surface area contributed by atoms with Gasteiger partial charge in [-0.25, -0.2) is 4.79 Å². The molecule has 35 heavy (non-hydrogen) atoms. The molecule has 0 aliphatic rings. The average Bonchev–Trinajstić information content (AvgIpc) is 3.38. The maximum Gasteiger partial charge on any atom is 0.329 e. The predicted octanol–water partition coefficient (Wildman–Crippen LogP) is 6.61. The first-order chi connectivity index (χ1) is 17.0. The topological polar surface area (TPSA) is 78.7 Å². The Morgan fingerprint density at radius 1 is 1.03 bits per heavy atom. The molecule has 1 aromatic carbocycles. The molecule has 7 nitrogen and oxygen atoms in total. The van der Waals surface area contributed by atoms with Gasteiger partial charge in [-0.3, -0.25) is 19.1 Å². The van der Waals surface area contributed by atoms with E-state index in [1.807, 2.05) is 82.5 Å². The van der Waals surface area contributed by atoms with Gasteiger partial charge in [0.2, 0.25) is 0 Å². The van der Waals surface area contributed by atoms with Crippen molar-refractivity contribution < 1.29 is 4.52 Å². The van der Waals surface area contributed by atoms with Crippen molar-refractivity contribution in [3.63, 3.8) is 0 Å². The van der Waals surface area contributed by atoms with Crippen molar-refractivity contribution in [2.45, 2.75) is 60.9 Å². The molecular formula is C28H35N5O2. The van der Waals surface area contributed by atoms with E-state index >= 15 is 0 Å². The Morgan fingerprint density at radius 2 is 1.77 bits per heavy atom. The molecule has 0 aliphatic heterocycles. The Morgan fingerprint density at radius 3 is 2.37 bits per heavy atom. The molecule has 7 heteroatoms. The van der Waals surface area contributed by atoms with E-state index in [0.29, 0.717) is 0 Å². The van der Waals surface area contributed by atoms with Gasteiger partial charge in [0.05, 0.1) is 40.2 Å². The molecule has 0 aliphatic carbocycles. The van der Waals surface area contributed by atoms with Crippen LogP contribution in [0, 0.1) is 13.8 Å². The van der Waals surface area contributed by atoms with Crippen LogP contribution in [-0.2, 0) is 7.05 Å². The molecular weight excluding hydrogens is 438 g/mol. The number of benzene rings is 1. The summed E-state index contributed by atoms with van der Waals surface area (Å²) in [6, 6.07) is 11.8. The van der Waals surface area contributed by atoms with Crippen molar-refractivity contribution in [1.29, 1.82) is 0 Å². The van der Waals surface area contributed by atoms with Gasteiger partial charge in [0.25, 0.3) is 0 Å². The molecule has 1 atom stereocenters. The highest BCUT2D eigenvalue weighted by molar-refractivity contribution is 6.03. The number of aromatic nitrogens is 5. The van der Waals surface area contributed by atoms with Crippen LogP contribution in [0.1, 0.15) is 64.2 Å². The number of fused-ring (bicyclic) bond motifs is 3. The second-order valence-corrected chi connectivity index (χ2v) is 7.81. The Kier molecular flexibility index (Phi) is 8.22. The molecule has 0 saturated carbocycles. The lowest BCUT2D eigenvalue weighted by molar-refractivity contribution is 0.393. The molecule has 0 unspecified atom stereocenters. The highest BCUT2D eigenvalue weighted by atomic mass is 16.5. The van der Waals surface area contributed by atoms with Gasteiger partial charge in [-0.2, -0.15) is 0 Å². The molecule has 0 fully saturated rings. The lowest BCUT2D eigenvalue weighted by Crippen LogP contribution is -2.27. The van der Waals surface area contributed by atoms with E-state index in [9.17, 15) is 4.79 Å². The summed E-state index contributed by atoms with van der Waals surface area (Å²) in [7, 11) is 1.79. The zero-order valence-electron chi connectivity index (χ0n) is 22.0. The minimum absolute atomic E-state index is 0.0726. The molecule has 0 bridgehead atoms. The summed E-state index contributed by atoms with van der Waals surface area (Å²) in [5.41, 5.74) is 6.12. The molecule has 4 aromatic heterocycles. The third-order valence-electron chi connectivity index (χ3n) is 5.97. The van der Waals surface area contributed by atoms with Gasteiger partial charge in [-0.1, -0.05) is 58.0 Å². The first-order valence-corrected chi connectivity index (χ1v) is 12.3. The summed E-state index contributed by atoms with van der Waals surface area (Å²) in [5.74, 6) is 0.774. The van der Waals surface area contributed by atoms with Crippen LogP contribution in [-0.4, -0.2) is 24.3 Å².